The van der Waals surface area contributed by atoms with Gasteiger partial charge in [0.1, 0.15) is 6.79 Å². The fourth-order valence-electron chi connectivity index (χ4n) is 1.25. The van der Waals surface area contributed by atoms with Crippen molar-refractivity contribution in [2.45, 2.75) is 32.8 Å². The molecule has 1 aliphatic rings. The summed E-state index contributed by atoms with van der Waals surface area (Å²) in [6, 6.07) is 0. The van der Waals surface area contributed by atoms with Gasteiger partial charge in [0.2, 0.25) is 0 Å². The highest BCUT2D eigenvalue weighted by Crippen LogP contribution is 2.26. The second-order valence-corrected chi connectivity index (χ2v) is 3.97. The molecule has 0 amide bonds. The van der Waals surface area contributed by atoms with E-state index in [2.05, 4.69) is 0 Å². The lowest BCUT2D eigenvalue weighted by Gasteiger charge is -2.37. The second kappa shape index (κ2) is 4.75. The Morgan fingerprint density at radius 3 is 2.86 bits per heavy atom. The number of rotatable bonds is 3. The molecule has 1 rings (SSSR count). The Morgan fingerprint density at radius 2 is 2.29 bits per heavy atom. The normalized spacial score (nSPS) is 25.8. The van der Waals surface area contributed by atoms with Crippen LogP contribution in [0.25, 0.3) is 0 Å². The molecule has 1 fully saturated rings. The molecule has 0 aliphatic carbocycles. The monoisotopic (exact) mass is 202 g/mol. The van der Waals surface area contributed by atoms with Crippen molar-refractivity contribution in [1.82, 2.24) is 0 Å². The van der Waals surface area contributed by atoms with Crippen molar-refractivity contribution in [3.8, 4) is 0 Å². The van der Waals surface area contributed by atoms with Crippen LogP contribution in [-0.4, -0.2) is 31.6 Å². The van der Waals surface area contributed by atoms with E-state index in [1.54, 1.807) is 6.92 Å². The first-order valence-corrected chi connectivity index (χ1v) is 4.93. The number of ether oxygens (including phenoxy) is 3. The fourth-order valence-corrected chi connectivity index (χ4v) is 1.25. The molecule has 0 unspecified atom stereocenters. The van der Waals surface area contributed by atoms with Crippen molar-refractivity contribution >= 4 is 5.97 Å². The Kier molecular flexibility index (Phi) is 3.89. The van der Waals surface area contributed by atoms with Crippen LogP contribution in [0.15, 0.2) is 0 Å². The molecule has 0 aromatic rings. The quantitative estimate of drug-likeness (QED) is 0.648. The summed E-state index contributed by atoms with van der Waals surface area (Å²) in [6.07, 6.45) is 0.412. The van der Waals surface area contributed by atoms with Crippen molar-refractivity contribution in [3.05, 3.63) is 0 Å². The van der Waals surface area contributed by atoms with Crippen LogP contribution in [0.4, 0.5) is 0 Å². The SMILES string of the molecule is CCC(=O)OC[C@@H]1COCOC1(C)C. The predicted octanol–water partition coefficient (Wildman–Crippen LogP) is 1.34. The van der Waals surface area contributed by atoms with Crippen LogP contribution >= 0.6 is 0 Å². The van der Waals surface area contributed by atoms with Crippen LogP contribution in [0, 0.1) is 5.92 Å². The van der Waals surface area contributed by atoms with Crippen LogP contribution in [0.5, 0.6) is 0 Å². The number of hydrogen-bond donors (Lipinski definition) is 0. The molecule has 1 aliphatic heterocycles. The summed E-state index contributed by atoms with van der Waals surface area (Å²) in [4.78, 5) is 11.0. The molecule has 1 atom stereocenters. The average molecular weight is 202 g/mol. The maximum Gasteiger partial charge on any atom is 0.305 e. The van der Waals surface area contributed by atoms with Gasteiger partial charge in [0, 0.05) is 12.3 Å². The minimum Gasteiger partial charge on any atom is -0.465 e. The van der Waals surface area contributed by atoms with Crippen LogP contribution in [0.2, 0.25) is 0 Å². The topological polar surface area (TPSA) is 44.8 Å². The first-order valence-electron chi connectivity index (χ1n) is 4.93. The lowest BCUT2D eigenvalue weighted by atomic mass is 9.91. The summed E-state index contributed by atoms with van der Waals surface area (Å²) >= 11 is 0. The molecule has 0 N–H and O–H groups in total. The van der Waals surface area contributed by atoms with Crippen LogP contribution in [0.1, 0.15) is 27.2 Å². The Morgan fingerprint density at radius 1 is 1.57 bits per heavy atom. The smallest absolute Gasteiger partial charge is 0.305 e. The largest absolute Gasteiger partial charge is 0.465 e. The molecular formula is C10H18O4. The van der Waals surface area contributed by atoms with Gasteiger partial charge in [0.25, 0.3) is 0 Å². The summed E-state index contributed by atoms with van der Waals surface area (Å²) in [7, 11) is 0. The van der Waals surface area contributed by atoms with Gasteiger partial charge in [-0.15, -0.1) is 0 Å². The molecule has 0 radical (unpaired) electrons. The van der Waals surface area contributed by atoms with Crippen LogP contribution < -0.4 is 0 Å². The molecule has 0 aromatic carbocycles. The van der Waals surface area contributed by atoms with Crippen molar-refractivity contribution < 1.29 is 19.0 Å². The number of hydrogen-bond acceptors (Lipinski definition) is 4. The highest BCUT2D eigenvalue weighted by Gasteiger charge is 2.34. The Hall–Kier alpha value is -0.610. The highest BCUT2D eigenvalue weighted by molar-refractivity contribution is 5.68. The van der Waals surface area contributed by atoms with E-state index in [9.17, 15) is 4.79 Å². The molecule has 82 valence electrons. The van der Waals surface area contributed by atoms with Gasteiger partial charge >= 0.3 is 5.97 Å². The van der Waals surface area contributed by atoms with Crippen molar-refractivity contribution in [3.63, 3.8) is 0 Å². The molecule has 0 aromatic heterocycles. The van der Waals surface area contributed by atoms with E-state index in [4.69, 9.17) is 14.2 Å². The average Bonchev–Trinajstić information content (AvgIpc) is 2.15. The van der Waals surface area contributed by atoms with E-state index < -0.39 is 0 Å². The molecule has 0 bridgehead atoms. The Labute approximate surface area is 84.5 Å². The predicted molar refractivity (Wildman–Crippen MR) is 50.7 cm³/mol. The minimum atomic E-state index is -0.272. The summed E-state index contributed by atoms with van der Waals surface area (Å²) < 4.78 is 15.7. The molecule has 4 nitrogen and oxygen atoms in total. The zero-order chi connectivity index (χ0) is 10.6. The van der Waals surface area contributed by atoms with Gasteiger partial charge in [-0.25, -0.2) is 0 Å². The third-order valence-corrected chi connectivity index (χ3v) is 2.55. The number of carbonyl (C=O) groups excluding carboxylic acids is 1. The van der Waals surface area contributed by atoms with E-state index in [0.29, 0.717) is 26.4 Å². The minimum absolute atomic E-state index is 0.117. The van der Waals surface area contributed by atoms with E-state index in [1.807, 2.05) is 13.8 Å². The molecule has 0 spiro atoms. The van der Waals surface area contributed by atoms with Gasteiger partial charge in [-0.05, 0) is 13.8 Å². The molecular weight excluding hydrogens is 184 g/mol. The van der Waals surface area contributed by atoms with Gasteiger partial charge in [-0.1, -0.05) is 6.92 Å². The summed E-state index contributed by atoms with van der Waals surface area (Å²) in [5, 5.41) is 0. The van der Waals surface area contributed by atoms with Crippen LogP contribution in [0.3, 0.4) is 0 Å². The number of carbonyl (C=O) groups is 1. The standard InChI is InChI=1S/C10H18O4/c1-4-9(11)13-6-8-5-12-7-14-10(8,2)3/h8H,4-7H2,1-3H3/t8-/m0/s1. The fraction of sp³-hybridized carbons (Fsp3) is 0.900. The van der Waals surface area contributed by atoms with E-state index in [1.165, 1.54) is 0 Å². The van der Waals surface area contributed by atoms with Gasteiger partial charge < -0.3 is 14.2 Å². The lowest BCUT2D eigenvalue weighted by molar-refractivity contribution is -0.220. The maximum atomic E-state index is 11.0. The molecule has 1 heterocycles. The van der Waals surface area contributed by atoms with Crippen molar-refractivity contribution in [1.29, 1.82) is 0 Å². The first-order chi connectivity index (χ1) is 6.56. The van der Waals surface area contributed by atoms with E-state index >= 15 is 0 Å². The second-order valence-electron chi connectivity index (χ2n) is 3.97. The molecule has 0 saturated carbocycles. The maximum absolute atomic E-state index is 11.0. The molecule has 14 heavy (non-hydrogen) atoms. The van der Waals surface area contributed by atoms with Crippen molar-refractivity contribution in [2.75, 3.05) is 20.0 Å². The third-order valence-electron chi connectivity index (χ3n) is 2.55. The Bertz CT molecular complexity index is 200. The Balaban J connectivity index is 2.38. The number of esters is 1. The third kappa shape index (κ3) is 2.96. The van der Waals surface area contributed by atoms with Gasteiger partial charge in [-0.2, -0.15) is 0 Å². The van der Waals surface area contributed by atoms with Gasteiger partial charge in [0.05, 0.1) is 18.8 Å². The zero-order valence-corrected chi connectivity index (χ0v) is 9.04. The van der Waals surface area contributed by atoms with Crippen LogP contribution in [-0.2, 0) is 19.0 Å². The molecule has 1 saturated heterocycles. The summed E-state index contributed by atoms with van der Waals surface area (Å²) in [6.45, 7) is 7.04. The van der Waals surface area contributed by atoms with Gasteiger partial charge in [-0.3, -0.25) is 4.79 Å². The zero-order valence-electron chi connectivity index (χ0n) is 9.04. The first kappa shape index (κ1) is 11.5. The van der Waals surface area contributed by atoms with Crippen molar-refractivity contribution in [2.24, 2.45) is 5.92 Å². The van der Waals surface area contributed by atoms with Gasteiger partial charge in [0.15, 0.2) is 0 Å². The molecule has 4 heteroatoms. The summed E-state index contributed by atoms with van der Waals surface area (Å²) in [5.41, 5.74) is -0.272. The van der Waals surface area contributed by atoms with E-state index in [0.717, 1.165) is 0 Å². The highest BCUT2D eigenvalue weighted by atomic mass is 16.7. The lowest BCUT2D eigenvalue weighted by Crippen LogP contribution is -2.45. The summed E-state index contributed by atoms with van der Waals surface area (Å²) in [5.74, 6) is -0.0573. The van der Waals surface area contributed by atoms with E-state index in [-0.39, 0.29) is 17.5 Å².